The molecule has 0 aliphatic rings. The van der Waals surface area contributed by atoms with Crippen molar-refractivity contribution in [3.63, 3.8) is 0 Å². The van der Waals surface area contributed by atoms with Gasteiger partial charge in [0.05, 0.1) is 19.9 Å². The number of hydrogen-bond acceptors (Lipinski definition) is 5. The van der Waals surface area contributed by atoms with Gasteiger partial charge in [-0.25, -0.2) is 5.43 Å². The van der Waals surface area contributed by atoms with Crippen molar-refractivity contribution < 1.29 is 19.0 Å². The number of amides is 1. The van der Waals surface area contributed by atoms with Crippen LogP contribution in [0, 0.1) is 13.8 Å². The van der Waals surface area contributed by atoms with Crippen LogP contribution in [0.3, 0.4) is 0 Å². The van der Waals surface area contributed by atoms with Crippen LogP contribution in [0.1, 0.15) is 36.5 Å². The van der Waals surface area contributed by atoms with Crippen molar-refractivity contribution in [2.75, 3.05) is 20.3 Å². The van der Waals surface area contributed by atoms with Gasteiger partial charge in [-0.15, -0.1) is 0 Å². The Morgan fingerprint density at radius 1 is 1.07 bits per heavy atom. The lowest BCUT2D eigenvalue weighted by Gasteiger charge is -2.11. The van der Waals surface area contributed by atoms with E-state index in [2.05, 4.69) is 17.5 Å². The minimum atomic E-state index is -0.330. The van der Waals surface area contributed by atoms with E-state index in [1.54, 1.807) is 13.3 Å². The van der Waals surface area contributed by atoms with E-state index in [0.29, 0.717) is 23.9 Å². The van der Waals surface area contributed by atoms with Crippen LogP contribution < -0.4 is 19.6 Å². The number of ether oxygens (including phenoxy) is 3. The molecule has 2 aromatic rings. The van der Waals surface area contributed by atoms with Gasteiger partial charge in [0.15, 0.2) is 18.1 Å². The maximum atomic E-state index is 11.9. The van der Waals surface area contributed by atoms with Gasteiger partial charge in [-0.1, -0.05) is 25.5 Å². The molecule has 150 valence electrons. The smallest absolute Gasteiger partial charge is 0.277 e. The second-order valence-electron chi connectivity index (χ2n) is 6.46. The first kappa shape index (κ1) is 21.3. The van der Waals surface area contributed by atoms with Crippen molar-refractivity contribution in [3.05, 3.63) is 53.1 Å². The number of hydrazone groups is 1. The highest BCUT2D eigenvalue weighted by molar-refractivity contribution is 5.83. The highest BCUT2D eigenvalue weighted by atomic mass is 16.5. The lowest BCUT2D eigenvalue weighted by atomic mass is 10.1. The molecule has 1 amide bonds. The van der Waals surface area contributed by atoms with Gasteiger partial charge >= 0.3 is 0 Å². The molecule has 0 fully saturated rings. The highest BCUT2D eigenvalue weighted by Crippen LogP contribution is 2.27. The predicted molar refractivity (Wildman–Crippen MR) is 111 cm³/mol. The van der Waals surface area contributed by atoms with Crippen molar-refractivity contribution in [2.24, 2.45) is 5.10 Å². The number of nitrogens with one attached hydrogen (secondary N) is 1. The number of nitrogens with zero attached hydrogens (tertiary/aromatic N) is 1. The summed E-state index contributed by atoms with van der Waals surface area (Å²) >= 11 is 0. The molecule has 28 heavy (non-hydrogen) atoms. The molecular weight excluding hydrogens is 356 g/mol. The molecule has 6 heteroatoms. The number of carbonyl (C=O) groups excluding carboxylic acids is 1. The van der Waals surface area contributed by atoms with E-state index in [1.807, 2.05) is 50.2 Å². The second kappa shape index (κ2) is 11.0. The molecule has 0 aromatic heterocycles. The van der Waals surface area contributed by atoms with Crippen LogP contribution in [-0.4, -0.2) is 32.4 Å². The molecule has 0 aliphatic carbocycles. The highest BCUT2D eigenvalue weighted by Gasteiger charge is 2.06. The van der Waals surface area contributed by atoms with E-state index in [1.165, 1.54) is 0 Å². The molecule has 6 nitrogen and oxygen atoms in total. The SMILES string of the molecule is CCCCOc1ccc(/C=N/NC(=O)COc2cc(C)ccc2C)cc1OC. The van der Waals surface area contributed by atoms with Gasteiger partial charge in [-0.3, -0.25) is 4.79 Å². The summed E-state index contributed by atoms with van der Waals surface area (Å²) in [6, 6.07) is 11.4. The molecule has 0 radical (unpaired) electrons. The van der Waals surface area contributed by atoms with Gasteiger partial charge in [0.25, 0.3) is 5.91 Å². The number of carbonyl (C=O) groups is 1. The van der Waals surface area contributed by atoms with Gasteiger partial charge < -0.3 is 14.2 Å². The molecule has 0 aliphatic heterocycles. The zero-order valence-electron chi connectivity index (χ0n) is 17.0. The lowest BCUT2D eigenvalue weighted by Crippen LogP contribution is -2.24. The number of hydrogen-bond donors (Lipinski definition) is 1. The molecule has 0 bridgehead atoms. The van der Waals surface area contributed by atoms with Gasteiger partial charge in [-0.05, 0) is 61.2 Å². The normalized spacial score (nSPS) is 10.7. The molecule has 2 rings (SSSR count). The summed E-state index contributed by atoms with van der Waals surface area (Å²) in [5, 5.41) is 3.97. The number of unbranched alkanes of at least 4 members (excludes halogenated alkanes) is 1. The second-order valence-corrected chi connectivity index (χ2v) is 6.46. The van der Waals surface area contributed by atoms with Crippen LogP contribution in [0.2, 0.25) is 0 Å². The predicted octanol–water partition coefficient (Wildman–Crippen LogP) is 4.02. The largest absolute Gasteiger partial charge is 0.493 e. The Kier molecular flexibility index (Phi) is 8.34. The van der Waals surface area contributed by atoms with E-state index < -0.39 is 0 Å². The Hall–Kier alpha value is -3.02. The number of aryl methyl sites for hydroxylation is 2. The fraction of sp³-hybridized carbons (Fsp3) is 0.364. The van der Waals surface area contributed by atoms with Gasteiger partial charge in [0.1, 0.15) is 5.75 Å². The third kappa shape index (κ3) is 6.61. The molecule has 0 unspecified atom stereocenters. The van der Waals surface area contributed by atoms with Crippen LogP contribution in [0.15, 0.2) is 41.5 Å². The first-order chi connectivity index (χ1) is 13.5. The molecule has 0 spiro atoms. The average Bonchev–Trinajstić information content (AvgIpc) is 2.69. The van der Waals surface area contributed by atoms with Crippen molar-refractivity contribution in [2.45, 2.75) is 33.6 Å². The van der Waals surface area contributed by atoms with Gasteiger partial charge in [0, 0.05) is 0 Å². The molecule has 0 saturated carbocycles. The third-order valence-corrected chi connectivity index (χ3v) is 4.05. The van der Waals surface area contributed by atoms with Crippen LogP contribution in [-0.2, 0) is 4.79 Å². The Balaban J connectivity index is 1.87. The summed E-state index contributed by atoms with van der Waals surface area (Å²) in [4.78, 5) is 11.9. The first-order valence-electron chi connectivity index (χ1n) is 9.36. The van der Waals surface area contributed by atoms with E-state index in [4.69, 9.17) is 14.2 Å². The van der Waals surface area contributed by atoms with E-state index in [0.717, 1.165) is 29.5 Å². The Bertz CT molecular complexity index is 818. The quantitative estimate of drug-likeness (QED) is 0.382. The maximum absolute atomic E-state index is 11.9. The van der Waals surface area contributed by atoms with Crippen molar-refractivity contribution >= 4 is 12.1 Å². The molecule has 0 atom stereocenters. The maximum Gasteiger partial charge on any atom is 0.277 e. The molecule has 0 saturated heterocycles. The Labute approximate surface area is 166 Å². The summed E-state index contributed by atoms with van der Waals surface area (Å²) in [7, 11) is 1.59. The van der Waals surface area contributed by atoms with E-state index >= 15 is 0 Å². The van der Waals surface area contributed by atoms with Crippen molar-refractivity contribution in [1.82, 2.24) is 5.43 Å². The number of rotatable bonds is 10. The van der Waals surface area contributed by atoms with Crippen LogP contribution in [0.5, 0.6) is 17.2 Å². The first-order valence-corrected chi connectivity index (χ1v) is 9.36. The van der Waals surface area contributed by atoms with Crippen LogP contribution >= 0.6 is 0 Å². The summed E-state index contributed by atoms with van der Waals surface area (Å²) in [6.45, 7) is 6.58. The van der Waals surface area contributed by atoms with E-state index in [9.17, 15) is 4.79 Å². The summed E-state index contributed by atoms with van der Waals surface area (Å²) in [5.74, 6) is 1.69. The lowest BCUT2D eigenvalue weighted by molar-refractivity contribution is -0.123. The van der Waals surface area contributed by atoms with Gasteiger partial charge in [-0.2, -0.15) is 5.10 Å². The monoisotopic (exact) mass is 384 g/mol. The fourth-order valence-corrected chi connectivity index (χ4v) is 2.43. The minimum Gasteiger partial charge on any atom is -0.493 e. The minimum absolute atomic E-state index is 0.102. The number of benzene rings is 2. The zero-order chi connectivity index (χ0) is 20.4. The Morgan fingerprint density at radius 3 is 2.64 bits per heavy atom. The summed E-state index contributed by atoms with van der Waals surface area (Å²) in [6.07, 6.45) is 3.61. The van der Waals surface area contributed by atoms with Gasteiger partial charge in [0.2, 0.25) is 0 Å². The third-order valence-electron chi connectivity index (χ3n) is 4.05. The Morgan fingerprint density at radius 2 is 1.89 bits per heavy atom. The van der Waals surface area contributed by atoms with E-state index in [-0.39, 0.29) is 12.5 Å². The molecule has 0 heterocycles. The summed E-state index contributed by atoms with van der Waals surface area (Å²) < 4.78 is 16.6. The van der Waals surface area contributed by atoms with Crippen LogP contribution in [0.25, 0.3) is 0 Å². The van der Waals surface area contributed by atoms with Crippen molar-refractivity contribution in [1.29, 1.82) is 0 Å². The number of methoxy groups -OCH3 is 1. The summed E-state index contributed by atoms with van der Waals surface area (Å²) in [5.41, 5.74) is 5.31. The molecule has 1 N–H and O–H groups in total. The zero-order valence-corrected chi connectivity index (χ0v) is 17.0. The molecular formula is C22H28N2O4. The standard InChI is InChI=1S/C22H28N2O4/c1-5-6-11-27-19-10-9-18(13-21(19)26-4)14-23-24-22(25)15-28-20-12-16(2)7-8-17(20)3/h7-10,12-14H,5-6,11,15H2,1-4H3,(H,24,25)/b23-14+. The fourth-order valence-electron chi connectivity index (χ4n) is 2.43. The average molecular weight is 384 g/mol. The topological polar surface area (TPSA) is 69.2 Å². The van der Waals surface area contributed by atoms with Crippen molar-refractivity contribution in [3.8, 4) is 17.2 Å². The van der Waals surface area contributed by atoms with Crippen LogP contribution in [0.4, 0.5) is 0 Å². The molecule has 2 aromatic carbocycles.